The molecule has 1 aromatic carbocycles. The molecule has 3 rings (SSSR count). The van der Waals surface area contributed by atoms with E-state index in [2.05, 4.69) is 4.98 Å². The van der Waals surface area contributed by atoms with Gasteiger partial charge in [-0.25, -0.2) is 4.98 Å². The Morgan fingerprint density at radius 2 is 2.10 bits per heavy atom. The van der Waals surface area contributed by atoms with E-state index in [9.17, 15) is 4.79 Å². The van der Waals surface area contributed by atoms with Crippen molar-refractivity contribution in [2.45, 2.75) is 24.2 Å². The third-order valence-electron chi connectivity index (χ3n) is 3.79. The number of rotatable bonds is 3. The zero-order valence-corrected chi connectivity index (χ0v) is 13.5. The minimum atomic E-state index is -0.925. The van der Waals surface area contributed by atoms with E-state index in [4.69, 9.17) is 23.2 Å². The van der Waals surface area contributed by atoms with Crippen LogP contribution in [0.2, 0.25) is 0 Å². The van der Waals surface area contributed by atoms with Crippen molar-refractivity contribution in [2.24, 2.45) is 5.41 Å². The van der Waals surface area contributed by atoms with Crippen LogP contribution in [0.1, 0.15) is 18.4 Å². The summed E-state index contributed by atoms with van der Waals surface area (Å²) >= 11 is 13.7. The van der Waals surface area contributed by atoms with Crippen LogP contribution in [0.25, 0.3) is 10.2 Å². The first-order valence-corrected chi connectivity index (χ1v) is 7.89. The molecular formula is C14H14Cl2N2OS. The van der Waals surface area contributed by atoms with Gasteiger partial charge in [0.25, 0.3) is 0 Å². The molecule has 0 spiro atoms. The summed E-state index contributed by atoms with van der Waals surface area (Å²) in [6.07, 6.45) is 0.506. The lowest BCUT2D eigenvalue weighted by Crippen LogP contribution is -2.34. The molecule has 1 heterocycles. The average molecular weight is 329 g/mol. The van der Waals surface area contributed by atoms with Crippen LogP contribution < -0.4 is 0 Å². The maximum Gasteiger partial charge on any atom is 0.231 e. The summed E-state index contributed by atoms with van der Waals surface area (Å²) in [6, 6.07) is 7.95. The lowest BCUT2D eigenvalue weighted by molar-refractivity contribution is -0.135. The van der Waals surface area contributed by atoms with Crippen LogP contribution in [0.4, 0.5) is 0 Å². The number of thiazole rings is 1. The van der Waals surface area contributed by atoms with Gasteiger partial charge in [0.2, 0.25) is 5.91 Å². The summed E-state index contributed by atoms with van der Waals surface area (Å²) in [5.41, 5.74) is 0.302. The van der Waals surface area contributed by atoms with E-state index in [1.807, 2.05) is 31.2 Å². The molecule has 1 amide bonds. The Hall–Kier alpha value is -0.840. The Morgan fingerprint density at radius 1 is 1.45 bits per heavy atom. The van der Waals surface area contributed by atoms with Gasteiger partial charge in [-0.3, -0.25) is 4.79 Å². The number of fused-ring (bicyclic) bond motifs is 1. The van der Waals surface area contributed by atoms with Crippen molar-refractivity contribution in [3.05, 3.63) is 29.3 Å². The molecule has 1 aliphatic carbocycles. The van der Waals surface area contributed by atoms with Crippen LogP contribution >= 0.6 is 34.5 Å². The highest BCUT2D eigenvalue weighted by atomic mass is 35.5. The Morgan fingerprint density at radius 3 is 2.70 bits per heavy atom. The quantitative estimate of drug-likeness (QED) is 0.802. The molecule has 0 saturated heterocycles. The predicted molar refractivity (Wildman–Crippen MR) is 83.3 cm³/mol. The largest absolute Gasteiger partial charge is 0.338 e. The molecular weight excluding hydrogens is 315 g/mol. The molecule has 1 atom stereocenters. The van der Waals surface area contributed by atoms with E-state index in [1.54, 1.807) is 23.3 Å². The highest BCUT2D eigenvalue weighted by molar-refractivity contribution is 7.18. The molecule has 0 N–H and O–H groups in total. The minimum absolute atomic E-state index is 0.0262. The van der Waals surface area contributed by atoms with E-state index in [-0.39, 0.29) is 5.91 Å². The van der Waals surface area contributed by atoms with Gasteiger partial charge < -0.3 is 4.90 Å². The summed E-state index contributed by atoms with van der Waals surface area (Å²) < 4.78 is 0.205. The third-order valence-corrected chi connectivity index (χ3v) is 5.91. The van der Waals surface area contributed by atoms with Crippen LogP contribution in [0.15, 0.2) is 24.3 Å². The van der Waals surface area contributed by atoms with Crippen molar-refractivity contribution < 1.29 is 4.79 Å². The first kappa shape index (κ1) is 14.1. The van der Waals surface area contributed by atoms with Crippen molar-refractivity contribution in [1.29, 1.82) is 0 Å². The van der Waals surface area contributed by atoms with Crippen LogP contribution in [-0.4, -0.2) is 27.2 Å². The number of amides is 1. The first-order valence-electron chi connectivity index (χ1n) is 6.31. The number of nitrogens with zero attached hydrogens (tertiary/aromatic N) is 2. The fourth-order valence-corrected chi connectivity index (χ4v) is 4.03. The van der Waals surface area contributed by atoms with Crippen LogP contribution in [0.3, 0.4) is 0 Å². The molecule has 6 heteroatoms. The molecule has 20 heavy (non-hydrogen) atoms. The van der Waals surface area contributed by atoms with Gasteiger partial charge in [-0.1, -0.05) is 12.1 Å². The molecule has 106 valence electrons. The normalized spacial score (nSPS) is 23.8. The average Bonchev–Trinajstić information content (AvgIpc) is 2.73. The number of aromatic nitrogens is 1. The topological polar surface area (TPSA) is 33.2 Å². The van der Waals surface area contributed by atoms with Gasteiger partial charge >= 0.3 is 0 Å². The highest BCUT2D eigenvalue weighted by Crippen LogP contribution is 2.64. The molecule has 1 aliphatic rings. The number of hydrogen-bond donors (Lipinski definition) is 0. The second kappa shape index (κ2) is 4.58. The van der Waals surface area contributed by atoms with Gasteiger partial charge in [-0.05, 0) is 25.5 Å². The van der Waals surface area contributed by atoms with E-state index in [1.165, 1.54) is 0 Å². The highest BCUT2D eigenvalue weighted by Gasteiger charge is 2.68. The third kappa shape index (κ3) is 2.20. The summed E-state index contributed by atoms with van der Waals surface area (Å²) in [5, 5.41) is 0.918. The standard InChI is InChI=1S/C14H14Cl2N2OS/c1-13(8-14(13,15)16)12(19)18(2)7-11-17-9-5-3-4-6-10(9)20-11/h3-6H,7-8H2,1-2H3. The van der Waals surface area contributed by atoms with Crippen molar-refractivity contribution in [3.63, 3.8) is 0 Å². The summed E-state index contributed by atoms with van der Waals surface area (Å²) in [5.74, 6) is -0.0262. The fourth-order valence-electron chi connectivity index (χ4n) is 2.32. The summed E-state index contributed by atoms with van der Waals surface area (Å²) in [6.45, 7) is 2.29. The molecule has 1 fully saturated rings. The van der Waals surface area contributed by atoms with Crippen LogP contribution in [-0.2, 0) is 11.3 Å². The number of halogens is 2. The lowest BCUT2D eigenvalue weighted by Gasteiger charge is -2.21. The van der Waals surface area contributed by atoms with E-state index in [0.717, 1.165) is 15.2 Å². The van der Waals surface area contributed by atoms with Gasteiger partial charge in [0.1, 0.15) is 9.34 Å². The monoisotopic (exact) mass is 328 g/mol. The number of para-hydroxylation sites is 1. The number of alkyl halides is 2. The zero-order chi connectivity index (χ0) is 14.5. The Labute approximate surface area is 131 Å². The van der Waals surface area contributed by atoms with E-state index >= 15 is 0 Å². The Balaban J connectivity index is 1.76. The van der Waals surface area contributed by atoms with Crippen molar-refractivity contribution in [3.8, 4) is 0 Å². The van der Waals surface area contributed by atoms with Gasteiger partial charge in [0.15, 0.2) is 0 Å². The zero-order valence-electron chi connectivity index (χ0n) is 11.2. The van der Waals surface area contributed by atoms with Crippen molar-refractivity contribution in [1.82, 2.24) is 9.88 Å². The van der Waals surface area contributed by atoms with Gasteiger partial charge in [-0.2, -0.15) is 0 Å². The van der Waals surface area contributed by atoms with Crippen molar-refractivity contribution >= 4 is 50.7 Å². The summed E-state index contributed by atoms with van der Waals surface area (Å²) in [4.78, 5) is 18.6. The van der Waals surface area contributed by atoms with Crippen LogP contribution in [0.5, 0.6) is 0 Å². The molecule has 0 radical (unpaired) electrons. The minimum Gasteiger partial charge on any atom is -0.338 e. The van der Waals surface area contributed by atoms with Gasteiger partial charge in [-0.15, -0.1) is 34.5 Å². The molecule has 2 aromatic rings. The molecule has 1 aromatic heterocycles. The molecule has 0 aliphatic heterocycles. The second-order valence-corrected chi connectivity index (χ2v) is 8.05. The van der Waals surface area contributed by atoms with Crippen molar-refractivity contribution in [2.75, 3.05) is 7.05 Å². The SMILES string of the molecule is CN(Cc1nc2ccccc2s1)C(=O)C1(C)CC1(Cl)Cl. The number of carbonyl (C=O) groups excluding carboxylic acids is 1. The summed E-state index contributed by atoms with van der Waals surface area (Å²) in [7, 11) is 1.77. The smallest absolute Gasteiger partial charge is 0.231 e. The number of hydrogen-bond acceptors (Lipinski definition) is 3. The van der Waals surface area contributed by atoms with E-state index < -0.39 is 9.75 Å². The Kier molecular flexibility index (Phi) is 3.23. The lowest BCUT2D eigenvalue weighted by atomic mass is 10.1. The van der Waals surface area contributed by atoms with Gasteiger partial charge in [0.05, 0.1) is 22.2 Å². The maximum atomic E-state index is 12.4. The molecule has 0 bridgehead atoms. The first-order chi connectivity index (χ1) is 9.33. The molecule has 1 unspecified atom stereocenters. The number of carbonyl (C=O) groups is 1. The maximum absolute atomic E-state index is 12.4. The van der Waals surface area contributed by atoms with E-state index in [0.29, 0.717) is 13.0 Å². The molecule has 1 saturated carbocycles. The Bertz CT molecular complexity index is 652. The fraction of sp³-hybridized carbons (Fsp3) is 0.429. The van der Waals surface area contributed by atoms with Crippen LogP contribution in [0, 0.1) is 5.41 Å². The number of benzene rings is 1. The molecule has 3 nitrogen and oxygen atoms in total. The second-order valence-electron chi connectivity index (χ2n) is 5.45. The predicted octanol–water partition coefficient (Wildman–Crippen LogP) is 3.84. The van der Waals surface area contributed by atoms with Gasteiger partial charge in [0, 0.05) is 7.05 Å².